The zero-order chi connectivity index (χ0) is 19.3. The van der Waals surface area contributed by atoms with Crippen molar-refractivity contribution in [3.63, 3.8) is 0 Å². The van der Waals surface area contributed by atoms with Crippen molar-refractivity contribution in [2.24, 2.45) is 5.73 Å². The zero-order valence-corrected chi connectivity index (χ0v) is 20.5. The van der Waals surface area contributed by atoms with Gasteiger partial charge in [-0.15, -0.1) is 35.8 Å². The van der Waals surface area contributed by atoms with E-state index in [4.69, 9.17) is 5.73 Å². The molecular weight excluding hydrogens is 421 g/mol. The number of Topliss-reactive ketones (excluding diaryl/α,β-unsaturated/α-hetero) is 1. The minimum atomic E-state index is -2.22. The molecule has 0 amide bonds. The predicted molar refractivity (Wildman–Crippen MR) is 104 cm³/mol. The second-order valence-corrected chi connectivity index (χ2v) is 6.85. The maximum absolute atomic E-state index is 11.0. The summed E-state index contributed by atoms with van der Waals surface area (Å²) in [5, 5.41) is 5.28. The molecule has 0 radical (unpaired) electrons. The average Bonchev–Trinajstić information content (AvgIpc) is 3.23. The first-order valence-corrected chi connectivity index (χ1v) is 9.09. The first kappa shape index (κ1) is 31.6. The second kappa shape index (κ2) is 17.9. The summed E-state index contributed by atoms with van der Waals surface area (Å²) in [6.45, 7) is 10.3. The van der Waals surface area contributed by atoms with E-state index in [1.165, 1.54) is 24.3 Å². The number of ketones is 1. The summed E-state index contributed by atoms with van der Waals surface area (Å²) < 4.78 is 21.9. The number of aromatic nitrogens is 2. The fourth-order valence-electron chi connectivity index (χ4n) is 1.42. The molecule has 0 bridgehead atoms. The van der Waals surface area contributed by atoms with Crippen LogP contribution in [0, 0.1) is 0 Å². The Morgan fingerprint density at radius 3 is 2.07 bits per heavy atom. The van der Waals surface area contributed by atoms with E-state index in [0.29, 0.717) is 5.01 Å². The predicted octanol–water partition coefficient (Wildman–Crippen LogP) is -1.15. The van der Waals surface area contributed by atoms with Gasteiger partial charge in [0.05, 0.1) is 5.54 Å². The Hall–Kier alpha value is -0.139. The molecule has 2 aromatic heterocycles. The summed E-state index contributed by atoms with van der Waals surface area (Å²) in [5.74, 6) is 0.0417. The average molecular weight is 443 g/mol. The molecule has 4 nitrogen and oxygen atoms in total. The van der Waals surface area contributed by atoms with E-state index < -0.39 is 7.27 Å². The molecule has 2 heterocycles. The number of hydrogen-bond donors (Lipinski definition) is 1. The van der Waals surface area contributed by atoms with Gasteiger partial charge in [-0.25, -0.2) is 9.97 Å². The molecule has 11 heteroatoms. The Morgan fingerprint density at radius 1 is 1.26 bits per heavy atom. The van der Waals surface area contributed by atoms with Crippen LogP contribution in [0.3, 0.4) is 0 Å². The number of rotatable bonds is 6. The number of thiazole rings is 2. The monoisotopic (exact) mass is 443 g/mol. The molecule has 0 fully saturated rings. The molecule has 0 aromatic carbocycles. The van der Waals surface area contributed by atoms with Crippen LogP contribution in [0.2, 0.25) is 6.32 Å². The molecule has 0 saturated heterocycles. The van der Waals surface area contributed by atoms with Gasteiger partial charge in [0.1, 0.15) is 5.01 Å². The Morgan fingerprint density at radius 2 is 1.81 bits per heavy atom. The molecule has 2 N–H and O–H groups in total. The molecule has 27 heavy (non-hydrogen) atoms. The Bertz CT molecular complexity index is 627. The van der Waals surface area contributed by atoms with E-state index in [2.05, 4.69) is 23.1 Å². The van der Waals surface area contributed by atoms with Crippen LogP contribution in [0.1, 0.15) is 35.1 Å². The van der Waals surface area contributed by atoms with Crippen LogP contribution in [0.25, 0.3) is 0 Å². The summed E-state index contributed by atoms with van der Waals surface area (Å²) in [6, 6.07) is 0. The van der Waals surface area contributed by atoms with Gasteiger partial charge in [0.25, 0.3) is 0 Å². The van der Waals surface area contributed by atoms with Crippen molar-refractivity contribution in [1.29, 1.82) is 0 Å². The van der Waals surface area contributed by atoms with Gasteiger partial charge in [0, 0.05) is 36.4 Å². The van der Waals surface area contributed by atoms with Crippen molar-refractivity contribution in [2.45, 2.75) is 32.1 Å². The third-order valence-corrected chi connectivity index (χ3v) is 4.49. The normalized spacial score (nSPS) is 10.9. The molecule has 144 valence electrons. The van der Waals surface area contributed by atoms with Gasteiger partial charge >= 0.3 is 58.7 Å². The topological polar surface area (TPSA) is 68.9 Å². The summed E-state index contributed by atoms with van der Waals surface area (Å²) in [4.78, 5) is 18.4. The van der Waals surface area contributed by atoms with Crippen molar-refractivity contribution in [3.05, 3.63) is 58.5 Å². The van der Waals surface area contributed by atoms with Crippen molar-refractivity contribution in [3.8, 4) is 0 Å². The molecular formula is C16H22BF3KN3OS2. The SMILES string of the molecule is C=CCB(F)F.C=CCC(C)(N)c1nccs1.CC(=O)c1nccs1.[F-].[K+]. The number of halogens is 3. The van der Waals surface area contributed by atoms with E-state index in [1.807, 2.05) is 18.4 Å². The van der Waals surface area contributed by atoms with Gasteiger partial charge in [-0.3, -0.25) is 13.4 Å². The number of carbonyl (C=O) groups is 1. The first-order chi connectivity index (χ1) is 11.7. The fourth-order valence-corrected chi connectivity index (χ4v) is 2.68. The molecule has 1 atom stereocenters. The van der Waals surface area contributed by atoms with E-state index in [-0.39, 0.29) is 73.7 Å². The summed E-state index contributed by atoms with van der Waals surface area (Å²) in [7, 11) is -2.22. The number of carbonyl (C=O) groups excluding carboxylic acids is 1. The minimum absolute atomic E-state index is 0. The van der Waals surface area contributed by atoms with Crippen LogP contribution in [0.5, 0.6) is 0 Å². The largest absolute Gasteiger partial charge is 1.00 e. The summed E-state index contributed by atoms with van der Waals surface area (Å²) >= 11 is 2.96. The van der Waals surface area contributed by atoms with Crippen molar-refractivity contribution in [1.82, 2.24) is 9.97 Å². The standard InChI is InChI=1S/C8H12N2S.C5H5NOS.C3H5BF2.FH.K/c1-3-4-8(2,9)7-10-5-6-11-7;1-4(7)5-6-2-3-8-5;1-2-3-4(5)6;;/h3,5-6H,1,4,9H2,2H3;2-3H,1H3;2H,1,3H2;1H;/q;;;;+1/p-1. The molecule has 2 rings (SSSR count). The Labute approximate surface area is 209 Å². The van der Waals surface area contributed by atoms with Crippen LogP contribution in [-0.4, -0.2) is 23.0 Å². The van der Waals surface area contributed by atoms with E-state index in [1.54, 1.807) is 29.1 Å². The van der Waals surface area contributed by atoms with Crippen LogP contribution < -0.4 is 61.8 Å². The van der Waals surface area contributed by atoms with Crippen molar-refractivity contribution >= 4 is 35.7 Å². The van der Waals surface area contributed by atoms with Gasteiger partial charge in [-0.1, -0.05) is 12.2 Å². The number of hydrogen-bond acceptors (Lipinski definition) is 6. The van der Waals surface area contributed by atoms with Crippen LogP contribution in [0.15, 0.2) is 48.5 Å². The van der Waals surface area contributed by atoms with E-state index >= 15 is 0 Å². The van der Waals surface area contributed by atoms with Crippen molar-refractivity contribution in [2.75, 3.05) is 0 Å². The quantitative estimate of drug-likeness (QED) is 0.348. The third-order valence-electron chi connectivity index (χ3n) is 2.57. The second-order valence-electron chi connectivity index (χ2n) is 5.06. The molecule has 1 unspecified atom stereocenters. The smallest absolute Gasteiger partial charge is 1.00 e. The van der Waals surface area contributed by atoms with E-state index in [0.717, 1.165) is 11.4 Å². The molecule has 0 aliphatic heterocycles. The summed E-state index contributed by atoms with van der Waals surface area (Å²) in [5.41, 5.74) is 5.63. The van der Waals surface area contributed by atoms with E-state index in [9.17, 15) is 13.4 Å². The van der Waals surface area contributed by atoms with Gasteiger partial charge in [0.2, 0.25) is 0 Å². The zero-order valence-electron chi connectivity index (χ0n) is 15.7. The number of allylic oxidation sites excluding steroid dienone is 1. The van der Waals surface area contributed by atoms with Gasteiger partial charge < -0.3 is 10.4 Å². The molecule has 0 saturated carbocycles. The van der Waals surface area contributed by atoms with Gasteiger partial charge in [-0.2, -0.15) is 0 Å². The third kappa shape index (κ3) is 15.5. The fraction of sp³-hybridized carbons (Fsp3) is 0.312. The maximum atomic E-state index is 11.0. The van der Waals surface area contributed by atoms with Crippen LogP contribution in [-0.2, 0) is 5.54 Å². The Balaban J connectivity index is -0.000000323. The Kier molecular flexibility index (Phi) is 20.9. The molecule has 0 aliphatic carbocycles. The molecule has 0 spiro atoms. The van der Waals surface area contributed by atoms with Crippen molar-refractivity contribution < 1.29 is 69.5 Å². The maximum Gasteiger partial charge on any atom is 1.00 e. The van der Waals surface area contributed by atoms with Crippen LogP contribution >= 0.6 is 22.7 Å². The first-order valence-electron chi connectivity index (χ1n) is 7.33. The molecule has 0 aliphatic rings. The number of nitrogens with two attached hydrogens (primary N) is 1. The van der Waals surface area contributed by atoms with Gasteiger partial charge in [0.15, 0.2) is 10.8 Å². The number of nitrogens with zero attached hydrogens (tertiary/aromatic N) is 2. The summed E-state index contributed by atoms with van der Waals surface area (Å²) in [6.07, 6.45) is 6.99. The minimum Gasteiger partial charge on any atom is -1.00 e. The van der Waals surface area contributed by atoms with Gasteiger partial charge in [-0.05, 0) is 13.3 Å². The molecule has 2 aromatic rings. The van der Waals surface area contributed by atoms with Crippen LogP contribution in [0.4, 0.5) is 8.63 Å².